The third kappa shape index (κ3) is 5.36. The van der Waals surface area contributed by atoms with E-state index in [1.54, 1.807) is 23.5 Å². The standard InChI is InChI=1S/C26H24N2O6S/c1-15-5-10-19-23(11-15)35-25(28-19)16-6-8-17(9-7-16)27-24(29)14-34-26(30)18-12-21(32-3)22(33-4)13-20(18)31-2/h5-13H,14H2,1-4H3,(H,27,29). The van der Waals surface area contributed by atoms with Crippen LogP contribution < -0.4 is 19.5 Å². The summed E-state index contributed by atoms with van der Waals surface area (Å²) in [5, 5.41) is 3.63. The van der Waals surface area contributed by atoms with Crippen molar-refractivity contribution >= 4 is 39.1 Å². The van der Waals surface area contributed by atoms with E-state index >= 15 is 0 Å². The van der Waals surface area contributed by atoms with E-state index in [0.717, 1.165) is 20.8 Å². The van der Waals surface area contributed by atoms with E-state index in [1.165, 1.54) is 39.0 Å². The number of carbonyl (C=O) groups is 2. The zero-order valence-electron chi connectivity index (χ0n) is 19.7. The Bertz CT molecular complexity index is 1380. The number of hydrogen-bond acceptors (Lipinski definition) is 8. The summed E-state index contributed by atoms with van der Waals surface area (Å²) >= 11 is 1.62. The maximum absolute atomic E-state index is 12.6. The largest absolute Gasteiger partial charge is 0.496 e. The van der Waals surface area contributed by atoms with Crippen molar-refractivity contribution in [2.24, 2.45) is 0 Å². The molecule has 180 valence electrons. The van der Waals surface area contributed by atoms with E-state index in [4.69, 9.17) is 18.9 Å². The molecule has 35 heavy (non-hydrogen) atoms. The molecule has 0 bridgehead atoms. The number of thiazole rings is 1. The molecule has 9 heteroatoms. The number of ether oxygens (including phenoxy) is 4. The zero-order valence-corrected chi connectivity index (χ0v) is 20.5. The third-order valence-corrected chi connectivity index (χ3v) is 6.29. The maximum Gasteiger partial charge on any atom is 0.342 e. The molecule has 0 radical (unpaired) electrons. The first-order chi connectivity index (χ1) is 16.9. The van der Waals surface area contributed by atoms with Crippen molar-refractivity contribution in [2.75, 3.05) is 33.3 Å². The molecular formula is C26H24N2O6S. The minimum Gasteiger partial charge on any atom is -0.496 e. The summed E-state index contributed by atoms with van der Waals surface area (Å²) in [6.45, 7) is 1.59. The Morgan fingerprint density at radius 2 is 1.57 bits per heavy atom. The highest BCUT2D eigenvalue weighted by atomic mass is 32.1. The number of amides is 1. The molecule has 3 aromatic carbocycles. The fourth-order valence-corrected chi connectivity index (χ4v) is 4.52. The van der Waals surface area contributed by atoms with Crippen LogP contribution in [0.5, 0.6) is 17.2 Å². The summed E-state index contributed by atoms with van der Waals surface area (Å²) in [6.07, 6.45) is 0. The number of benzene rings is 3. The van der Waals surface area contributed by atoms with Crippen molar-refractivity contribution in [3.8, 4) is 27.8 Å². The van der Waals surface area contributed by atoms with E-state index in [1.807, 2.05) is 24.3 Å². The summed E-state index contributed by atoms with van der Waals surface area (Å²) in [7, 11) is 4.35. The molecule has 1 N–H and O–H groups in total. The van der Waals surface area contributed by atoms with Crippen molar-refractivity contribution in [1.29, 1.82) is 0 Å². The van der Waals surface area contributed by atoms with Crippen molar-refractivity contribution < 1.29 is 28.5 Å². The summed E-state index contributed by atoms with van der Waals surface area (Å²) in [6, 6.07) is 16.5. The smallest absolute Gasteiger partial charge is 0.342 e. The highest BCUT2D eigenvalue weighted by Crippen LogP contribution is 2.35. The van der Waals surface area contributed by atoms with Gasteiger partial charge in [0.25, 0.3) is 5.91 Å². The van der Waals surface area contributed by atoms with E-state index < -0.39 is 18.5 Å². The molecule has 0 spiro atoms. The van der Waals surface area contributed by atoms with Gasteiger partial charge in [-0.1, -0.05) is 6.07 Å². The Balaban J connectivity index is 1.38. The third-order valence-electron chi connectivity index (χ3n) is 5.22. The quantitative estimate of drug-likeness (QED) is 0.342. The van der Waals surface area contributed by atoms with Gasteiger partial charge in [-0.15, -0.1) is 11.3 Å². The molecule has 0 aliphatic heterocycles. The molecular weight excluding hydrogens is 468 g/mol. The summed E-state index contributed by atoms with van der Waals surface area (Å²) in [5.41, 5.74) is 3.80. The predicted molar refractivity (Wildman–Crippen MR) is 135 cm³/mol. The highest BCUT2D eigenvalue weighted by Gasteiger charge is 2.20. The van der Waals surface area contributed by atoms with E-state index in [0.29, 0.717) is 17.2 Å². The molecule has 8 nitrogen and oxygen atoms in total. The Hall–Kier alpha value is -4.11. The van der Waals surface area contributed by atoms with Gasteiger partial charge in [-0.2, -0.15) is 0 Å². The number of aromatic nitrogens is 1. The molecule has 0 unspecified atom stereocenters. The van der Waals surface area contributed by atoms with Gasteiger partial charge in [-0.25, -0.2) is 9.78 Å². The molecule has 0 atom stereocenters. The molecule has 4 rings (SSSR count). The minimum absolute atomic E-state index is 0.119. The molecule has 0 aliphatic rings. The average molecular weight is 493 g/mol. The fourth-order valence-electron chi connectivity index (χ4n) is 3.45. The Kier molecular flexibility index (Phi) is 7.17. The Labute approximate surface area is 206 Å². The van der Waals surface area contributed by atoms with Crippen LogP contribution in [0.2, 0.25) is 0 Å². The SMILES string of the molecule is COc1cc(OC)c(C(=O)OCC(=O)Nc2ccc(-c3nc4ccc(C)cc4s3)cc2)cc1OC. The van der Waals surface area contributed by atoms with Crippen molar-refractivity contribution in [3.05, 3.63) is 65.7 Å². The number of anilines is 1. The molecule has 4 aromatic rings. The summed E-state index contributed by atoms with van der Waals surface area (Å²) < 4.78 is 22.0. The van der Waals surface area contributed by atoms with Crippen LogP contribution in [0, 0.1) is 6.92 Å². The fraction of sp³-hybridized carbons (Fsp3) is 0.192. The zero-order chi connectivity index (χ0) is 24.9. The second kappa shape index (κ2) is 10.4. The van der Waals surface area contributed by atoms with Crippen LogP contribution in [0.3, 0.4) is 0 Å². The molecule has 1 amide bonds. The monoisotopic (exact) mass is 492 g/mol. The normalized spacial score (nSPS) is 10.6. The van der Waals surface area contributed by atoms with E-state index in [9.17, 15) is 9.59 Å². The number of carbonyl (C=O) groups excluding carboxylic acids is 2. The van der Waals surface area contributed by atoms with Gasteiger partial charge in [-0.3, -0.25) is 4.79 Å². The first-order valence-electron chi connectivity index (χ1n) is 10.7. The molecule has 0 fully saturated rings. The number of nitrogens with one attached hydrogen (secondary N) is 1. The van der Waals surface area contributed by atoms with Crippen LogP contribution in [0.1, 0.15) is 15.9 Å². The van der Waals surface area contributed by atoms with Gasteiger partial charge in [-0.05, 0) is 48.9 Å². The van der Waals surface area contributed by atoms with Gasteiger partial charge in [0.05, 0.1) is 31.5 Å². The number of methoxy groups -OCH3 is 3. The second-order valence-electron chi connectivity index (χ2n) is 7.60. The van der Waals surface area contributed by atoms with Crippen molar-refractivity contribution in [3.63, 3.8) is 0 Å². The maximum atomic E-state index is 12.6. The number of esters is 1. The van der Waals surface area contributed by atoms with Gasteiger partial charge in [0.15, 0.2) is 18.1 Å². The van der Waals surface area contributed by atoms with Crippen LogP contribution in [0.25, 0.3) is 20.8 Å². The first kappa shape index (κ1) is 24.0. The van der Waals surface area contributed by atoms with Crippen molar-refractivity contribution in [2.45, 2.75) is 6.92 Å². The van der Waals surface area contributed by atoms with Crippen LogP contribution in [0.4, 0.5) is 5.69 Å². The molecule has 0 aliphatic carbocycles. The molecule has 0 saturated heterocycles. The Morgan fingerprint density at radius 3 is 2.26 bits per heavy atom. The lowest BCUT2D eigenvalue weighted by atomic mass is 10.1. The molecule has 1 aromatic heterocycles. The van der Waals surface area contributed by atoms with Gasteiger partial charge in [0, 0.05) is 23.4 Å². The second-order valence-corrected chi connectivity index (χ2v) is 8.63. The van der Waals surface area contributed by atoms with Crippen LogP contribution in [-0.2, 0) is 9.53 Å². The van der Waals surface area contributed by atoms with Crippen LogP contribution >= 0.6 is 11.3 Å². The van der Waals surface area contributed by atoms with Gasteiger partial charge < -0.3 is 24.3 Å². The molecule has 1 heterocycles. The first-order valence-corrected chi connectivity index (χ1v) is 11.5. The summed E-state index contributed by atoms with van der Waals surface area (Å²) in [4.78, 5) is 29.6. The van der Waals surface area contributed by atoms with Gasteiger partial charge in [0.2, 0.25) is 0 Å². The van der Waals surface area contributed by atoms with Gasteiger partial charge in [0.1, 0.15) is 16.3 Å². The topological polar surface area (TPSA) is 96.0 Å². The summed E-state index contributed by atoms with van der Waals surface area (Å²) in [5.74, 6) is -0.204. The highest BCUT2D eigenvalue weighted by molar-refractivity contribution is 7.21. The Morgan fingerprint density at radius 1 is 0.886 bits per heavy atom. The number of nitrogens with zero attached hydrogens (tertiary/aromatic N) is 1. The van der Waals surface area contributed by atoms with Crippen LogP contribution in [0.15, 0.2) is 54.6 Å². The van der Waals surface area contributed by atoms with Crippen molar-refractivity contribution in [1.82, 2.24) is 4.98 Å². The number of hydrogen-bond donors (Lipinski definition) is 1. The van der Waals surface area contributed by atoms with E-state index in [-0.39, 0.29) is 11.3 Å². The number of rotatable bonds is 8. The van der Waals surface area contributed by atoms with Gasteiger partial charge >= 0.3 is 5.97 Å². The lowest BCUT2D eigenvalue weighted by molar-refractivity contribution is -0.119. The number of aryl methyl sites for hydroxylation is 1. The average Bonchev–Trinajstić information content (AvgIpc) is 3.30. The van der Waals surface area contributed by atoms with E-state index in [2.05, 4.69) is 23.3 Å². The van der Waals surface area contributed by atoms with Crippen LogP contribution in [-0.4, -0.2) is 44.8 Å². The lowest BCUT2D eigenvalue weighted by Gasteiger charge is -2.13. The predicted octanol–water partition coefficient (Wildman–Crippen LogP) is 5.09. The number of fused-ring (bicyclic) bond motifs is 1. The minimum atomic E-state index is -0.723. The lowest BCUT2D eigenvalue weighted by Crippen LogP contribution is -2.21. The molecule has 0 saturated carbocycles.